The van der Waals surface area contributed by atoms with Crippen molar-refractivity contribution in [2.45, 2.75) is 20.8 Å². The number of carbonyl (C=O) groups is 1. The number of hydrogen-bond acceptors (Lipinski definition) is 2. The highest BCUT2D eigenvalue weighted by molar-refractivity contribution is 7.99. The van der Waals surface area contributed by atoms with E-state index < -0.39 is 5.97 Å². The van der Waals surface area contributed by atoms with Gasteiger partial charge in [0.25, 0.3) is 0 Å². The summed E-state index contributed by atoms with van der Waals surface area (Å²) in [7, 11) is 0. The second kappa shape index (κ2) is 3.29. The lowest BCUT2D eigenvalue weighted by Crippen LogP contribution is -2.03. The average Bonchev–Trinajstić information content (AvgIpc) is 2.49. The fourth-order valence-electron chi connectivity index (χ4n) is 1.79. The number of hydrogen-bond donors (Lipinski definition) is 1. The van der Waals surface area contributed by atoms with Gasteiger partial charge in [-0.2, -0.15) is 11.8 Å². The van der Waals surface area contributed by atoms with Crippen LogP contribution >= 0.6 is 11.8 Å². The quantitative estimate of drug-likeness (QED) is 0.734. The van der Waals surface area contributed by atoms with Gasteiger partial charge in [-0.25, -0.2) is 0 Å². The summed E-state index contributed by atoms with van der Waals surface area (Å²) in [6.07, 6.45) is 0. The molecule has 0 radical (unpaired) electrons. The molecule has 1 aliphatic carbocycles. The van der Waals surface area contributed by atoms with Crippen LogP contribution in [-0.2, 0) is 4.79 Å². The maximum absolute atomic E-state index is 10.7. The molecule has 3 heteroatoms. The molecule has 1 rings (SSSR count). The fourth-order valence-corrected chi connectivity index (χ4v) is 2.90. The van der Waals surface area contributed by atoms with E-state index in [9.17, 15) is 4.79 Å². The Kier molecular flexibility index (Phi) is 2.71. The highest BCUT2D eigenvalue weighted by Gasteiger charge is 2.61. The molecule has 0 aromatic heterocycles. The average molecular weight is 188 g/mol. The van der Waals surface area contributed by atoms with E-state index in [1.807, 2.05) is 25.6 Å². The number of aliphatic carboxylic acids is 1. The summed E-state index contributed by atoms with van der Waals surface area (Å²) in [6.45, 7) is 6.20. The van der Waals surface area contributed by atoms with Crippen LogP contribution in [0.25, 0.3) is 0 Å². The first-order valence-electron chi connectivity index (χ1n) is 4.32. The zero-order valence-corrected chi connectivity index (χ0v) is 8.65. The molecule has 1 aliphatic rings. The molecule has 2 unspecified atom stereocenters. The molecule has 0 spiro atoms. The predicted octanol–water partition coefficient (Wildman–Crippen LogP) is 2.10. The highest BCUT2D eigenvalue weighted by Crippen LogP contribution is 2.59. The number of carboxylic acids is 1. The molecule has 0 aromatic carbocycles. The molecule has 0 amide bonds. The van der Waals surface area contributed by atoms with Gasteiger partial charge in [-0.15, -0.1) is 0 Å². The summed E-state index contributed by atoms with van der Waals surface area (Å²) < 4.78 is 0. The molecule has 1 saturated carbocycles. The summed E-state index contributed by atoms with van der Waals surface area (Å²) >= 11 is 1.84. The van der Waals surface area contributed by atoms with E-state index in [0.29, 0.717) is 5.92 Å². The highest BCUT2D eigenvalue weighted by atomic mass is 32.2. The van der Waals surface area contributed by atoms with E-state index in [-0.39, 0.29) is 11.3 Å². The van der Waals surface area contributed by atoms with Gasteiger partial charge in [-0.05, 0) is 22.8 Å². The Labute approximate surface area is 77.7 Å². The SMILES string of the molecule is CCSCC1C(C(=O)O)C1(C)C. The maximum atomic E-state index is 10.7. The van der Waals surface area contributed by atoms with Crippen molar-refractivity contribution in [2.75, 3.05) is 11.5 Å². The molecule has 2 atom stereocenters. The van der Waals surface area contributed by atoms with Crippen LogP contribution in [0.1, 0.15) is 20.8 Å². The van der Waals surface area contributed by atoms with Crippen molar-refractivity contribution in [3.63, 3.8) is 0 Å². The first-order valence-corrected chi connectivity index (χ1v) is 5.47. The van der Waals surface area contributed by atoms with Crippen LogP contribution in [0.3, 0.4) is 0 Å². The van der Waals surface area contributed by atoms with E-state index in [0.717, 1.165) is 11.5 Å². The number of thioether (sulfide) groups is 1. The van der Waals surface area contributed by atoms with Gasteiger partial charge in [-0.1, -0.05) is 20.8 Å². The van der Waals surface area contributed by atoms with Crippen molar-refractivity contribution < 1.29 is 9.90 Å². The van der Waals surface area contributed by atoms with Crippen molar-refractivity contribution in [3.8, 4) is 0 Å². The second-order valence-electron chi connectivity index (χ2n) is 3.90. The van der Waals surface area contributed by atoms with Gasteiger partial charge in [0.2, 0.25) is 0 Å². The minimum Gasteiger partial charge on any atom is -0.481 e. The van der Waals surface area contributed by atoms with Gasteiger partial charge in [0, 0.05) is 0 Å². The van der Waals surface area contributed by atoms with Crippen molar-refractivity contribution in [2.24, 2.45) is 17.3 Å². The van der Waals surface area contributed by atoms with Crippen molar-refractivity contribution in [1.82, 2.24) is 0 Å². The zero-order chi connectivity index (χ0) is 9.35. The third-order valence-electron chi connectivity index (χ3n) is 2.82. The molecule has 0 heterocycles. The van der Waals surface area contributed by atoms with Gasteiger partial charge in [0.1, 0.15) is 0 Å². The molecule has 0 saturated heterocycles. The first-order chi connectivity index (χ1) is 5.51. The van der Waals surface area contributed by atoms with Crippen molar-refractivity contribution in [3.05, 3.63) is 0 Å². The van der Waals surface area contributed by atoms with E-state index in [1.54, 1.807) is 0 Å². The van der Waals surface area contributed by atoms with Gasteiger partial charge >= 0.3 is 5.97 Å². The molecular formula is C9H16O2S. The lowest BCUT2D eigenvalue weighted by molar-refractivity contribution is -0.139. The molecule has 70 valence electrons. The van der Waals surface area contributed by atoms with E-state index >= 15 is 0 Å². The Morgan fingerprint density at radius 2 is 2.17 bits per heavy atom. The summed E-state index contributed by atoms with van der Waals surface area (Å²) in [5.41, 5.74) is 0.0357. The Morgan fingerprint density at radius 3 is 2.50 bits per heavy atom. The van der Waals surface area contributed by atoms with Gasteiger partial charge < -0.3 is 5.11 Å². The van der Waals surface area contributed by atoms with Crippen LogP contribution in [0.4, 0.5) is 0 Å². The Hall–Kier alpha value is -0.180. The predicted molar refractivity (Wildman–Crippen MR) is 51.4 cm³/mol. The molecular weight excluding hydrogens is 172 g/mol. The molecule has 0 aromatic rings. The minimum absolute atomic E-state index is 0.0357. The van der Waals surface area contributed by atoms with E-state index in [2.05, 4.69) is 6.92 Å². The lowest BCUT2D eigenvalue weighted by atomic mass is 10.1. The van der Waals surface area contributed by atoms with E-state index in [4.69, 9.17) is 5.11 Å². The lowest BCUT2D eigenvalue weighted by Gasteiger charge is -1.99. The smallest absolute Gasteiger partial charge is 0.307 e. The monoisotopic (exact) mass is 188 g/mol. The summed E-state index contributed by atoms with van der Waals surface area (Å²) in [5.74, 6) is 1.75. The Balaban J connectivity index is 2.43. The summed E-state index contributed by atoms with van der Waals surface area (Å²) in [4.78, 5) is 10.7. The molecule has 1 N–H and O–H groups in total. The third-order valence-corrected chi connectivity index (χ3v) is 3.82. The molecule has 1 fully saturated rings. The Morgan fingerprint density at radius 1 is 1.58 bits per heavy atom. The molecule has 12 heavy (non-hydrogen) atoms. The van der Waals surface area contributed by atoms with Crippen LogP contribution in [0.15, 0.2) is 0 Å². The summed E-state index contributed by atoms with van der Waals surface area (Å²) in [6, 6.07) is 0. The van der Waals surface area contributed by atoms with Gasteiger partial charge in [-0.3, -0.25) is 4.79 Å². The van der Waals surface area contributed by atoms with Crippen LogP contribution in [0.2, 0.25) is 0 Å². The fraction of sp³-hybridized carbons (Fsp3) is 0.889. The third kappa shape index (κ3) is 1.60. The summed E-state index contributed by atoms with van der Waals surface area (Å²) in [5, 5.41) is 8.85. The number of carboxylic acid groups (broad SMARTS) is 1. The van der Waals surface area contributed by atoms with E-state index in [1.165, 1.54) is 0 Å². The molecule has 0 bridgehead atoms. The maximum Gasteiger partial charge on any atom is 0.307 e. The number of rotatable bonds is 4. The standard InChI is InChI=1S/C9H16O2S/c1-4-12-5-6-7(8(10)11)9(6,2)3/h6-7H,4-5H2,1-3H3,(H,10,11). The topological polar surface area (TPSA) is 37.3 Å². The first kappa shape index (κ1) is 9.90. The Bertz CT molecular complexity index is 189. The zero-order valence-electron chi connectivity index (χ0n) is 7.83. The van der Waals surface area contributed by atoms with Crippen LogP contribution in [-0.4, -0.2) is 22.6 Å². The second-order valence-corrected chi connectivity index (χ2v) is 5.22. The largest absolute Gasteiger partial charge is 0.481 e. The van der Waals surface area contributed by atoms with Gasteiger partial charge in [0.05, 0.1) is 5.92 Å². The molecule has 0 aliphatic heterocycles. The van der Waals surface area contributed by atoms with Crippen molar-refractivity contribution in [1.29, 1.82) is 0 Å². The van der Waals surface area contributed by atoms with Crippen LogP contribution in [0, 0.1) is 17.3 Å². The van der Waals surface area contributed by atoms with Crippen molar-refractivity contribution >= 4 is 17.7 Å². The normalized spacial score (nSPS) is 31.6. The van der Waals surface area contributed by atoms with Gasteiger partial charge in [0.15, 0.2) is 0 Å². The molecule has 2 nitrogen and oxygen atoms in total. The minimum atomic E-state index is -0.623. The van der Waals surface area contributed by atoms with Crippen LogP contribution < -0.4 is 0 Å². The van der Waals surface area contributed by atoms with Crippen LogP contribution in [0.5, 0.6) is 0 Å².